The normalized spacial score (nSPS) is 10.7. The molecule has 0 aromatic carbocycles. The summed E-state index contributed by atoms with van der Waals surface area (Å²) in [6.45, 7) is 5.03. The van der Waals surface area contributed by atoms with Gasteiger partial charge in [0.25, 0.3) is 8.53 Å². The summed E-state index contributed by atoms with van der Waals surface area (Å²) in [4.78, 5) is 0. The number of nitrogens with two attached hydrogens (primary N) is 1. The van der Waals surface area contributed by atoms with Gasteiger partial charge in [0.05, 0.1) is 13.2 Å². The lowest BCUT2D eigenvalue weighted by Gasteiger charge is -2.12. The molecular formula is C4H13N2O2P. The van der Waals surface area contributed by atoms with Gasteiger partial charge in [0.15, 0.2) is 0 Å². The summed E-state index contributed by atoms with van der Waals surface area (Å²) in [7, 11) is -1.03. The van der Waals surface area contributed by atoms with Crippen molar-refractivity contribution in [2.24, 2.45) is 5.84 Å². The van der Waals surface area contributed by atoms with E-state index in [4.69, 9.17) is 14.9 Å². The molecule has 0 radical (unpaired) electrons. The standard InChI is InChI=1S/C4H13N2O2P/c1-3-7-9(6-5)8-4-2/h6H,3-5H2,1-2H3. The van der Waals surface area contributed by atoms with Gasteiger partial charge in [0, 0.05) is 0 Å². The van der Waals surface area contributed by atoms with Crippen molar-refractivity contribution in [3.05, 3.63) is 0 Å². The number of hydrogen-bond donors (Lipinski definition) is 2. The lowest BCUT2D eigenvalue weighted by molar-refractivity contribution is 0.261. The van der Waals surface area contributed by atoms with Crippen molar-refractivity contribution < 1.29 is 9.05 Å². The van der Waals surface area contributed by atoms with Gasteiger partial charge >= 0.3 is 0 Å². The van der Waals surface area contributed by atoms with E-state index in [0.29, 0.717) is 13.2 Å². The number of nitrogens with one attached hydrogen (secondary N) is 1. The Morgan fingerprint density at radius 3 is 2.00 bits per heavy atom. The van der Waals surface area contributed by atoms with Crippen molar-refractivity contribution in [2.75, 3.05) is 13.2 Å². The average molecular weight is 152 g/mol. The molecule has 0 amide bonds. The van der Waals surface area contributed by atoms with Crippen molar-refractivity contribution in [1.29, 1.82) is 0 Å². The van der Waals surface area contributed by atoms with Crippen LogP contribution in [0.25, 0.3) is 0 Å². The third-order valence-electron chi connectivity index (χ3n) is 0.598. The molecule has 0 bridgehead atoms. The predicted octanol–water partition coefficient (Wildman–Crippen LogP) is 0.750. The second kappa shape index (κ2) is 6.39. The van der Waals surface area contributed by atoms with Crippen LogP contribution in [0.4, 0.5) is 0 Å². The second-order valence-electron chi connectivity index (χ2n) is 1.22. The molecule has 0 aliphatic carbocycles. The van der Waals surface area contributed by atoms with Crippen LogP contribution in [-0.2, 0) is 9.05 Å². The van der Waals surface area contributed by atoms with Crippen molar-refractivity contribution >= 4 is 8.53 Å². The van der Waals surface area contributed by atoms with Crippen LogP contribution in [0.15, 0.2) is 0 Å². The van der Waals surface area contributed by atoms with Crippen molar-refractivity contribution in [2.45, 2.75) is 13.8 Å². The highest BCUT2D eigenvalue weighted by molar-refractivity contribution is 7.44. The van der Waals surface area contributed by atoms with E-state index in [1.54, 1.807) is 0 Å². The van der Waals surface area contributed by atoms with Crippen molar-refractivity contribution in [3.8, 4) is 0 Å². The van der Waals surface area contributed by atoms with E-state index in [0.717, 1.165) is 0 Å². The Balaban J connectivity index is 3.18. The van der Waals surface area contributed by atoms with Crippen LogP contribution in [-0.4, -0.2) is 13.2 Å². The van der Waals surface area contributed by atoms with Gasteiger partial charge in [0.2, 0.25) is 0 Å². The van der Waals surface area contributed by atoms with Gasteiger partial charge in [0.1, 0.15) is 0 Å². The fourth-order valence-corrected chi connectivity index (χ4v) is 1.04. The average Bonchev–Trinajstić information content (AvgIpc) is 1.88. The molecule has 56 valence electrons. The molecule has 0 saturated heterocycles. The summed E-state index contributed by atoms with van der Waals surface area (Å²) < 4.78 is 10.1. The van der Waals surface area contributed by atoms with E-state index < -0.39 is 8.53 Å². The monoisotopic (exact) mass is 152 g/mol. The zero-order valence-corrected chi connectivity index (χ0v) is 6.65. The molecule has 0 saturated carbocycles. The zero-order valence-electron chi connectivity index (χ0n) is 5.76. The van der Waals surface area contributed by atoms with Gasteiger partial charge in [-0.05, 0) is 13.8 Å². The third-order valence-corrected chi connectivity index (χ3v) is 1.79. The fraction of sp³-hybridized carbons (Fsp3) is 1.00. The molecule has 0 atom stereocenters. The van der Waals surface area contributed by atoms with Crippen LogP contribution in [0.1, 0.15) is 13.8 Å². The Labute approximate surface area is 56.7 Å². The third kappa shape index (κ3) is 4.75. The minimum absolute atomic E-state index is 0.621. The first-order chi connectivity index (χ1) is 4.35. The largest absolute Gasteiger partial charge is 0.322 e. The smallest absolute Gasteiger partial charge is 0.270 e. The van der Waals surface area contributed by atoms with Crippen molar-refractivity contribution in [1.82, 2.24) is 5.20 Å². The molecule has 0 heterocycles. The van der Waals surface area contributed by atoms with E-state index >= 15 is 0 Å². The molecule has 9 heavy (non-hydrogen) atoms. The van der Waals surface area contributed by atoms with Crippen LogP contribution in [0.3, 0.4) is 0 Å². The van der Waals surface area contributed by atoms with E-state index in [2.05, 4.69) is 5.20 Å². The summed E-state index contributed by atoms with van der Waals surface area (Å²) in [5.74, 6) is 5.07. The first-order valence-electron chi connectivity index (χ1n) is 2.87. The molecule has 5 heteroatoms. The van der Waals surface area contributed by atoms with E-state index in [-0.39, 0.29) is 0 Å². The molecule has 0 aromatic heterocycles. The highest BCUT2D eigenvalue weighted by Gasteiger charge is 2.03. The quantitative estimate of drug-likeness (QED) is 0.346. The van der Waals surface area contributed by atoms with Crippen molar-refractivity contribution in [3.63, 3.8) is 0 Å². The summed E-state index contributed by atoms with van der Waals surface area (Å²) in [6.07, 6.45) is 0. The van der Waals surface area contributed by atoms with Gasteiger partial charge in [-0.25, -0.2) is 0 Å². The van der Waals surface area contributed by atoms with Gasteiger partial charge < -0.3 is 9.05 Å². The van der Waals surface area contributed by atoms with E-state index in [1.807, 2.05) is 13.8 Å². The zero-order chi connectivity index (χ0) is 7.11. The molecule has 0 aliphatic rings. The summed E-state index contributed by atoms with van der Waals surface area (Å²) in [5.41, 5.74) is 0. The first kappa shape index (κ1) is 9.27. The highest BCUT2D eigenvalue weighted by Crippen LogP contribution is 2.30. The van der Waals surface area contributed by atoms with Gasteiger partial charge in [-0.3, -0.25) is 5.84 Å². The van der Waals surface area contributed by atoms with Gasteiger partial charge in [-0.15, -0.1) is 0 Å². The topological polar surface area (TPSA) is 56.5 Å². The maximum absolute atomic E-state index is 5.07. The predicted molar refractivity (Wildman–Crippen MR) is 37.5 cm³/mol. The minimum atomic E-state index is -1.03. The summed E-state index contributed by atoms with van der Waals surface area (Å²) >= 11 is 0. The lowest BCUT2D eigenvalue weighted by atomic mass is 10.9. The Kier molecular flexibility index (Phi) is 6.58. The number of rotatable bonds is 5. The van der Waals surface area contributed by atoms with Crippen LogP contribution in [0, 0.1) is 0 Å². The molecule has 0 unspecified atom stereocenters. The maximum atomic E-state index is 5.07. The summed E-state index contributed by atoms with van der Waals surface area (Å²) in [6, 6.07) is 0. The number of hydrazine groups is 1. The molecule has 4 nitrogen and oxygen atoms in total. The maximum Gasteiger partial charge on any atom is 0.270 e. The lowest BCUT2D eigenvalue weighted by Crippen LogP contribution is -2.17. The Morgan fingerprint density at radius 2 is 1.78 bits per heavy atom. The molecule has 0 rings (SSSR count). The highest BCUT2D eigenvalue weighted by atomic mass is 31.2. The molecule has 0 spiro atoms. The molecule has 3 N–H and O–H groups in total. The molecule has 0 aromatic rings. The Bertz CT molecular complexity index is 58.5. The second-order valence-corrected chi connectivity index (χ2v) is 2.51. The van der Waals surface area contributed by atoms with E-state index in [9.17, 15) is 0 Å². The van der Waals surface area contributed by atoms with Gasteiger partial charge in [-0.2, -0.15) is 5.20 Å². The Hall–Kier alpha value is 0.270. The van der Waals surface area contributed by atoms with Crippen LogP contribution in [0.5, 0.6) is 0 Å². The van der Waals surface area contributed by atoms with Gasteiger partial charge in [-0.1, -0.05) is 0 Å². The van der Waals surface area contributed by atoms with E-state index in [1.165, 1.54) is 0 Å². The number of hydrogen-bond acceptors (Lipinski definition) is 4. The SMILES string of the molecule is CCOP(NN)OCC. The van der Waals surface area contributed by atoms with Crippen LogP contribution >= 0.6 is 8.53 Å². The van der Waals surface area contributed by atoms with Crippen LogP contribution < -0.4 is 11.0 Å². The Morgan fingerprint density at radius 1 is 1.33 bits per heavy atom. The summed E-state index contributed by atoms with van der Waals surface area (Å²) in [5, 5.41) is 2.42. The van der Waals surface area contributed by atoms with Crippen LogP contribution in [0.2, 0.25) is 0 Å². The minimum Gasteiger partial charge on any atom is -0.322 e. The first-order valence-corrected chi connectivity index (χ1v) is 4.05. The molecule has 0 fully saturated rings. The fourth-order valence-electron chi connectivity index (χ4n) is 0.346. The molecular weight excluding hydrogens is 139 g/mol. The molecule has 0 aliphatic heterocycles.